The number of amides is 1. The largest absolute Gasteiger partial charge is 0.352 e. The van der Waals surface area contributed by atoms with Crippen molar-refractivity contribution in [3.05, 3.63) is 98.6 Å². The molecule has 30 heavy (non-hydrogen) atoms. The summed E-state index contributed by atoms with van der Waals surface area (Å²) in [6.45, 7) is 3.36. The summed E-state index contributed by atoms with van der Waals surface area (Å²) in [5.74, 6) is -0.854. The molecule has 1 aromatic heterocycles. The second-order valence-corrected chi connectivity index (χ2v) is 7.33. The average Bonchev–Trinajstić information content (AvgIpc) is 2.73. The zero-order valence-corrected chi connectivity index (χ0v) is 17.0. The van der Waals surface area contributed by atoms with Crippen LogP contribution in [0.25, 0.3) is 5.69 Å². The molecule has 1 N–H and O–H groups in total. The molecule has 0 aliphatic heterocycles. The van der Waals surface area contributed by atoms with E-state index in [1.54, 1.807) is 6.92 Å². The average molecular weight is 409 g/mol. The summed E-state index contributed by atoms with van der Waals surface area (Å²) in [5, 5.41) is 2.85. The summed E-state index contributed by atoms with van der Waals surface area (Å²) >= 11 is 0. The first-order chi connectivity index (χ1) is 14.3. The van der Waals surface area contributed by atoms with E-state index in [-0.39, 0.29) is 18.5 Å². The molecule has 0 radical (unpaired) electrons. The maximum Gasteiger partial charge on any atom is 0.320 e. The highest BCUT2D eigenvalue weighted by Gasteiger charge is 2.13. The van der Waals surface area contributed by atoms with Gasteiger partial charge in [-0.15, -0.1) is 0 Å². The first-order valence-corrected chi connectivity index (χ1v) is 9.77. The van der Waals surface area contributed by atoms with Gasteiger partial charge in [0.2, 0.25) is 5.91 Å². The number of carbonyl (C=O) groups excluding carboxylic acids is 1. The van der Waals surface area contributed by atoms with E-state index in [2.05, 4.69) is 5.32 Å². The maximum absolute atomic E-state index is 13.6. The van der Waals surface area contributed by atoms with Crippen LogP contribution in [0.1, 0.15) is 24.5 Å². The van der Waals surface area contributed by atoms with Gasteiger partial charge in [-0.3, -0.25) is 23.5 Å². The Kier molecular flexibility index (Phi) is 6.61. The molecule has 7 heteroatoms. The Labute approximate surface area is 173 Å². The van der Waals surface area contributed by atoms with Crippen LogP contribution in [0.4, 0.5) is 4.39 Å². The molecule has 0 spiro atoms. The highest BCUT2D eigenvalue weighted by molar-refractivity contribution is 5.76. The predicted octanol–water partition coefficient (Wildman–Crippen LogP) is 2.58. The van der Waals surface area contributed by atoms with Crippen molar-refractivity contribution < 1.29 is 9.18 Å². The van der Waals surface area contributed by atoms with E-state index in [1.807, 2.05) is 37.3 Å². The molecule has 2 aromatic carbocycles. The van der Waals surface area contributed by atoms with E-state index in [0.29, 0.717) is 11.3 Å². The second kappa shape index (κ2) is 9.35. The molecule has 0 saturated heterocycles. The van der Waals surface area contributed by atoms with Crippen molar-refractivity contribution in [3.63, 3.8) is 0 Å². The minimum atomic E-state index is -0.840. The molecule has 0 saturated carbocycles. The monoisotopic (exact) mass is 409 g/mol. The Morgan fingerprint density at radius 2 is 1.80 bits per heavy atom. The first-order valence-electron chi connectivity index (χ1n) is 9.77. The predicted molar refractivity (Wildman–Crippen MR) is 113 cm³/mol. The number of aryl methyl sites for hydroxylation is 2. The lowest BCUT2D eigenvalue weighted by Gasteiger charge is -2.15. The Hall–Kier alpha value is -3.48. The fourth-order valence-electron chi connectivity index (χ4n) is 3.24. The van der Waals surface area contributed by atoms with Crippen LogP contribution in [-0.4, -0.2) is 21.1 Å². The fraction of sp³-hybridized carbons (Fsp3) is 0.261. The van der Waals surface area contributed by atoms with E-state index in [1.165, 1.54) is 36.2 Å². The number of halogens is 1. The second-order valence-electron chi connectivity index (χ2n) is 7.33. The van der Waals surface area contributed by atoms with Gasteiger partial charge in [-0.1, -0.05) is 36.4 Å². The van der Waals surface area contributed by atoms with Gasteiger partial charge in [0.05, 0.1) is 5.69 Å². The van der Waals surface area contributed by atoms with Crippen molar-refractivity contribution in [1.29, 1.82) is 0 Å². The van der Waals surface area contributed by atoms with Crippen molar-refractivity contribution in [2.45, 2.75) is 39.3 Å². The zero-order chi connectivity index (χ0) is 21.7. The topological polar surface area (TPSA) is 73.1 Å². The van der Waals surface area contributed by atoms with Gasteiger partial charge in [0.25, 0.3) is 0 Å². The molecule has 156 valence electrons. The Morgan fingerprint density at radius 3 is 2.53 bits per heavy atom. The van der Waals surface area contributed by atoms with Gasteiger partial charge in [-0.2, -0.15) is 0 Å². The third-order valence-corrected chi connectivity index (χ3v) is 4.92. The highest BCUT2D eigenvalue weighted by atomic mass is 19.1. The molecule has 0 unspecified atom stereocenters. The van der Waals surface area contributed by atoms with Crippen molar-refractivity contribution in [1.82, 2.24) is 14.5 Å². The van der Waals surface area contributed by atoms with Gasteiger partial charge < -0.3 is 5.32 Å². The lowest BCUT2D eigenvalue weighted by atomic mass is 10.1. The number of hydrogen-bond donors (Lipinski definition) is 1. The van der Waals surface area contributed by atoms with Gasteiger partial charge in [0, 0.05) is 18.4 Å². The molecular formula is C23H24FN3O3. The number of hydrogen-bond acceptors (Lipinski definition) is 3. The van der Waals surface area contributed by atoms with E-state index < -0.39 is 16.9 Å². The van der Waals surface area contributed by atoms with Crippen molar-refractivity contribution in [2.75, 3.05) is 0 Å². The normalized spacial score (nSPS) is 11.8. The van der Waals surface area contributed by atoms with E-state index in [0.717, 1.165) is 22.0 Å². The van der Waals surface area contributed by atoms with Crippen molar-refractivity contribution >= 4 is 5.91 Å². The molecule has 1 heterocycles. The summed E-state index contributed by atoms with van der Waals surface area (Å²) in [5.41, 5.74) is 0.458. The summed E-state index contributed by atoms with van der Waals surface area (Å²) in [6, 6.07) is 13.9. The Balaban J connectivity index is 1.67. The van der Waals surface area contributed by atoms with Crippen LogP contribution < -0.4 is 16.4 Å². The number of rotatable bonds is 7. The molecule has 3 rings (SSSR count). The molecule has 0 bridgehead atoms. The molecular weight excluding hydrogens is 385 g/mol. The fourth-order valence-corrected chi connectivity index (χ4v) is 3.24. The Morgan fingerprint density at radius 1 is 1.07 bits per heavy atom. The van der Waals surface area contributed by atoms with Crippen molar-refractivity contribution in [3.8, 4) is 5.69 Å². The molecule has 1 atom stereocenters. The quantitative estimate of drug-likeness (QED) is 0.610. The number of carbonyl (C=O) groups is 1. The third kappa shape index (κ3) is 5.11. The van der Waals surface area contributed by atoms with Crippen LogP contribution in [0.2, 0.25) is 0 Å². The van der Waals surface area contributed by atoms with Crippen LogP contribution in [0, 0.1) is 12.7 Å². The van der Waals surface area contributed by atoms with Gasteiger partial charge in [0.1, 0.15) is 12.4 Å². The summed E-state index contributed by atoms with van der Waals surface area (Å²) in [7, 11) is 0. The highest BCUT2D eigenvalue weighted by Crippen LogP contribution is 2.13. The molecule has 0 aliphatic rings. The molecule has 3 aromatic rings. The van der Waals surface area contributed by atoms with E-state index >= 15 is 0 Å². The third-order valence-electron chi connectivity index (χ3n) is 4.92. The zero-order valence-electron chi connectivity index (χ0n) is 17.0. The first kappa shape index (κ1) is 21.2. The molecule has 1 amide bonds. The lowest BCUT2D eigenvalue weighted by Crippen LogP contribution is -2.44. The number of nitrogens with one attached hydrogen (secondary N) is 1. The molecule has 0 fully saturated rings. The van der Waals surface area contributed by atoms with Crippen LogP contribution in [0.3, 0.4) is 0 Å². The summed E-state index contributed by atoms with van der Waals surface area (Å²) in [6.07, 6.45) is 4.32. The van der Waals surface area contributed by atoms with E-state index in [9.17, 15) is 18.8 Å². The summed E-state index contributed by atoms with van der Waals surface area (Å²) in [4.78, 5) is 37.3. The van der Waals surface area contributed by atoms with Crippen LogP contribution in [-0.2, 0) is 17.8 Å². The molecule has 0 aliphatic carbocycles. The minimum absolute atomic E-state index is 0.0799. The SMILES string of the molecule is Cc1ccc(F)cc1-n1ccn(CC(=O)N[C@H](C)CCc2ccccc2)c(=O)c1=O. The van der Waals surface area contributed by atoms with Crippen LogP contribution in [0.15, 0.2) is 70.5 Å². The lowest BCUT2D eigenvalue weighted by molar-refractivity contribution is -0.122. The van der Waals surface area contributed by atoms with E-state index in [4.69, 9.17) is 0 Å². The van der Waals surface area contributed by atoms with Crippen LogP contribution >= 0.6 is 0 Å². The van der Waals surface area contributed by atoms with Crippen LogP contribution in [0.5, 0.6) is 0 Å². The van der Waals surface area contributed by atoms with Gasteiger partial charge >= 0.3 is 11.1 Å². The smallest absolute Gasteiger partial charge is 0.320 e. The standard InChI is InChI=1S/C23H24FN3O3/c1-16-8-11-19(24)14-20(16)27-13-12-26(22(29)23(27)30)15-21(28)25-17(2)9-10-18-6-4-3-5-7-18/h3-8,11-14,17H,9-10,15H2,1-2H3,(H,25,28)/t17-/m1/s1. The van der Waals surface area contributed by atoms with Crippen molar-refractivity contribution in [2.24, 2.45) is 0 Å². The number of aromatic nitrogens is 2. The minimum Gasteiger partial charge on any atom is -0.352 e. The van der Waals surface area contributed by atoms with Gasteiger partial charge in [-0.05, 0) is 49.9 Å². The summed E-state index contributed by atoms with van der Waals surface area (Å²) < 4.78 is 15.7. The number of nitrogens with zero attached hydrogens (tertiary/aromatic N) is 2. The van der Waals surface area contributed by atoms with Gasteiger partial charge in [0.15, 0.2) is 0 Å². The molecule has 6 nitrogen and oxygen atoms in total. The maximum atomic E-state index is 13.6. The Bertz CT molecular complexity index is 1150. The number of benzene rings is 2. The van der Waals surface area contributed by atoms with Gasteiger partial charge in [-0.25, -0.2) is 4.39 Å².